The van der Waals surface area contributed by atoms with Gasteiger partial charge in [-0.05, 0) is 28.1 Å². The van der Waals surface area contributed by atoms with Crippen LogP contribution in [0.4, 0.5) is 11.6 Å². The van der Waals surface area contributed by atoms with Crippen molar-refractivity contribution >= 4 is 27.6 Å². The van der Waals surface area contributed by atoms with E-state index in [1.54, 1.807) is 6.26 Å². The largest absolute Gasteiger partial charge is 0.467 e. The van der Waals surface area contributed by atoms with Crippen molar-refractivity contribution in [3.05, 3.63) is 35.0 Å². The Balaban J connectivity index is 2.09. The molecule has 0 saturated heterocycles. The SMILES string of the molecule is CNc1ncnc(NCc2ccco2)c1Br. The van der Waals surface area contributed by atoms with Crippen LogP contribution in [0.1, 0.15) is 5.76 Å². The molecule has 0 amide bonds. The highest BCUT2D eigenvalue weighted by atomic mass is 79.9. The molecule has 0 radical (unpaired) electrons. The molecule has 0 aliphatic rings. The summed E-state index contributed by atoms with van der Waals surface area (Å²) >= 11 is 3.43. The van der Waals surface area contributed by atoms with Crippen LogP contribution < -0.4 is 10.6 Å². The summed E-state index contributed by atoms with van der Waals surface area (Å²) < 4.78 is 6.02. The fourth-order valence-corrected chi connectivity index (χ4v) is 1.79. The van der Waals surface area contributed by atoms with Crippen LogP contribution in [0.3, 0.4) is 0 Å². The summed E-state index contributed by atoms with van der Waals surface area (Å²) in [4.78, 5) is 8.21. The highest BCUT2D eigenvalue weighted by molar-refractivity contribution is 9.10. The van der Waals surface area contributed by atoms with Crippen LogP contribution in [0.2, 0.25) is 0 Å². The van der Waals surface area contributed by atoms with Gasteiger partial charge in [0.25, 0.3) is 0 Å². The van der Waals surface area contributed by atoms with Gasteiger partial charge in [0.05, 0.1) is 12.8 Å². The summed E-state index contributed by atoms with van der Waals surface area (Å²) in [6.07, 6.45) is 3.14. The molecule has 6 heteroatoms. The Labute approximate surface area is 101 Å². The first-order valence-corrected chi connectivity index (χ1v) is 5.55. The van der Waals surface area contributed by atoms with E-state index in [2.05, 4.69) is 36.5 Å². The van der Waals surface area contributed by atoms with E-state index >= 15 is 0 Å². The standard InChI is InChI=1S/C10H11BrN4O/c1-12-9-8(11)10(15-6-14-9)13-5-7-3-2-4-16-7/h2-4,6H,5H2,1H3,(H2,12,13,14,15). The third-order valence-corrected chi connectivity index (χ3v) is 2.79. The average Bonchev–Trinajstić information content (AvgIpc) is 2.81. The van der Waals surface area contributed by atoms with Crippen LogP contribution in [0.25, 0.3) is 0 Å². The summed E-state index contributed by atoms with van der Waals surface area (Å²) in [5.74, 6) is 2.34. The number of nitrogens with zero attached hydrogens (tertiary/aromatic N) is 2. The first-order chi connectivity index (χ1) is 7.81. The van der Waals surface area contributed by atoms with E-state index in [4.69, 9.17) is 4.42 Å². The maximum atomic E-state index is 5.21. The predicted molar refractivity (Wildman–Crippen MR) is 65.3 cm³/mol. The topological polar surface area (TPSA) is 63.0 Å². The summed E-state index contributed by atoms with van der Waals surface area (Å²) in [5, 5.41) is 6.13. The number of aromatic nitrogens is 2. The Morgan fingerprint density at radius 2 is 2.19 bits per heavy atom. The lowest BCUT2D eigenvalue weighted by Gasteiger charge is -2.08. The molecule has 2 aromatic rings. The molecule has 2 rings (SSSR count). The van der Waals surface area contributed by atoms with Crippen molar-refractivity contribution in [3.8, 4) is 0 Å². The Morgan fingerprint density at radius 1 is 1.38 bits per heavy atom. The first-order valence-electron chi connectivity index (χ1n) is 4.75. The molecule has 0 aromatic carbocycles. The lowest BCUT2D eigenvalue weighted by Crippen LogP contribution is -2.04. The summed E-state index contributed by atoms with van der Waals surface area (Å²) in [5.41, 5.74) is 0. The zero-order valence-corrected chi connectivity index (χ0v) is 10.3. The molecule has 0 spiro atoms. The molecule has 16 heavy (non-hydrogen) atoms. The van der Waals surface area contributed by atoms with Crippen LogP contribution in [0, 0.1) is 0 Å². The molecule has 0 unspecified atom stereocenters. The molecule has 0 aliphatic carbocycles. The molecule has 0 fully saturated rings. The quantitative estimate of drug-likeness (QED) is 0.902. The third-order valence-electron chi connectivity index (χ3n) is 2.04. The minimum atomic E-state index is 0.589. The van der Waals surface area contributed by atoms with Gasteiger partial charge in [-0.15, -0.1) is 0 Å². The van der Waals surface area contributed by atoms with E-state index in [-0.39, 0.29) is 0 Å². The minimum Gasteiger partial charge on any atom is -0.467 e. The molecular formula is C10H11BrN4O. The van der Waals surface area contributed by atoms with Crippen LogP contribution in [-0.2, 0) is 6.54 Å². The van der Waals surface area contributed by atoms with Crippen LogP contribution in [0.15, 0.2) is 33.6 Å². The molecule has 0 aliphatic heterocycles. The maximum absolute atomic E-state index is 5.21. The molecule has 5 nitrogen and oxygen atoms in total. The van der Waals surface area contributed by atoms with E-state index < -0.39 is 0 Å². The van der Waals surface area contributed by atoms with Crippen molar-refractivity contribution in [2.75, 3.05) is 17.7 Å². The van der Waals surface area contributed by atoms with Gasteiger partial charge in [0.1, 0.15) is 28.2 Å². The Bertz CT molecular complexity index is 458. The normalized spacial score (nSPS) is 10.1. The number of hydrogen-bond acceptors (Lipinski definition) is 5. The molecule has 0 saturated carbocycles. The molecule has 2 heterocycles. The zero-order chi connectivity index (χ0) is 11.4. The monoisotopic (exact) mass is 282 g/mol. The van der Waals surface area contributed by atoms with Crippen molar-refractivity contribution in [2.45, 2.75) is 6.54 Å². The van der Waals surface area contributed by atoms with Gasteiger partial charge in [0, 0.05) is 7.05 Å². The van der Waals surface area contributed by atoms with E-state index in [9.17, 15) is 0 Å². The Hall–Kier alpha value is -1.56. The molecule has 84 valence electrons. The number of anilines is 2. The predicted octanol–water partition coefficient (Wildman–Crippen LogP) is 2.49. The van der Waals surface area contributed by atoms with Gasteiger partial charge in [0.15, 0.2) is 0 Å². The van der Waals surface area contributed by atoms with E-state index in [0.29, 0.717) is 6.54 Å². The fourth-order valence-electron chi connectivity index (χ4n) is 1.25. The number of halogens is 1. The van der Waals surface area contributed by atoms with E-state index in [1.807, 2.05) is 19.2 Å². The molecule has 0 atom stereocenters. The van der Waals surface area contributed by atoms with E-state index in [1.165, 1.54) is 6.33 Å². The van der Waals surface area contributed by atoms with Crippen molar-refractivity contribution in [2.24, 2.45) is 0 Å². The van der Waals surface area contributed by atoms with Crippen LogP contribution in [0.5, 0.6) is 0 Å². The van der Waals surface area contributed by atoms with Gasteiger partial charge in [-0.3, -0.25) is 0 Å². The van der Waals surface area contributed by atoms with Gasteiger partial charge in [-0.1, -0.05) is 0 Å². The van der Waals surface area contributed by atoms with E-state index in [0.717, 1.165) is 21.9 Å². The Morgan fingerprint density at radius 3 is 2.88 bits per heavy atom. The maximum Gasteiger partial charge on any atom is 0.146 e. The lowest BCUT2D eigenvalue weighted by atomic mass is 10.4. The average molecular weight is 283 g/mol. The summed E-state index contributed by atoms with van der Waals surface area (Å²) in [7, 11) is 1.81. The zero-order valence-electron chi connectivity index (χ0n) is 8.70. The van der Waals surface area contributed by atoms with Crippen LogP contribution in [-0.4, -0.2) is 17.0 Å². The first kappa shape index (κ1) is 10.9. The van der Waals surface area contributed by atoms with Gasteiger partial charge >= 0.3 is 0 Å². The van der Waals surface area contributed by atoms with Gasteiger partial charge in [-0.25, -0.2) is 9.97 Å². The number of nitrogens with one attached hydrogen (secondary N) is 2. The van der Waals surface area contributed by atoms with Gasteiger partial charge in [-0.2, -0.15) is 0 Å². The van der Waals surface area contributed by atoms with Crippen molar-refractivity contribution in [1.29, 1.82) is 0 Å². The molecule has 0 bridgehead atoms. The molecule has 2 aromatic heterocycles. The summed E-state index contributed by atoms with van der Waals surface area (Å²) in [6, 6.07) is 3.76. The summed E-state index contributed by atoms with van der Waals surface area (Å²) in [6.45, 7) is 0.589. The van der Waals surface area contributed by atoms with Crippen molar-refractivity contribution in [1.82, 2.24) is 9.97 Å². The number of rotatable bonds is 4. The van der Waals surface area contributed by atoms with Gasteiger partial charge < -0.3 is 15.1 Å². The highest BCUT2D eigenvalue weighted by Crippen LogP contribution is 2.26. The minimum absolute atomic E-state index is 0.589. The van der Waals surface area contributed by atoms with Crippen molar-refractivity contribution in [3.63, 3.8) is 0 Å². The molecular weight excluding hydrogens is 272 g/mol. The Kier molecular flexibility index (Phi) is 3.40. The highest BCUT2D eigenvalue weighted by Gasteiger charge is 2.07. The van der Waals surface area contributed by atoms with Crippen LogP contribution >= 0.6 is 15.9 Å². The lowest BCUT2D eigenvalue weighted by molar-refractivity contribution is 0.517. The smallest absolute Gasteiger partial charge is 0.146 e. The fraction of sp³-hybridized carbons (Fsp3) is 0.200. The van der Waals surface area contributed by atoms with Gasteiger partial charge in [0.2, 0.25) is 0 Å². The second-order valence-corrected chi connectivity index (χ2v) is 3.86. The van der Waals surface area contributed by atoms with Crippen molar-refractivity contribution < 1.29 is 4.42 Å². The second kappa shape index (κ2) is 4.98. The number of furan rings is 1. The molecule has 2 N–H and O–H groups in total. The third kappa shape index (κ3) is 2.33. The number of hydrogen-bond donors (Lipinski definition) is 2. The second-order valence-electron chi connectivity index (χ2n) is 3.07.